The first-order chi connectivity index (χ1) is 17.0. The van der Waals surface area contributed by atoms with Crippen LogP contribution in [0.15, 0.2) is 121 Å². The number of anilines is 6. The Morgan fingerprint density at radius 2 is 0.800 bits per heavy atom. The SMILES string of the molecule is Cc1ccc(N(c2ccc(C)cc2)c2ccc(-c3ccc(Nc4ccc(N)cc4)cc3)cc2)cc1. The standard InChI is InChI=1S/C32H29N3/c1-23-3-17-30(18-4-23)35(31-19-5-24(2)6-20-31)32-21-9-26(10-22-32)25-7-13-28(14-8-25)34-29-15-11-27(33)12-16-29/h3-22,34H,33H2,1-2H3. The first kappa shape index (κ1) is 22.3. The van der Waals surface area contributed by atoms with Gasteiger partial charge >= 0.3 is 0 Å². The number of benzene rings is 5. The van der Waals surface area contributed by atoms with E-state index in [0.717, 1.165) is 34.1 Å². The van der Waals surface area contributed by atoms with E-state index in [-0.39, 0.29) is 0 Å². The third-order valence-corrected chi connectivity index (χ3v) is 6.13. The molecule has 5 aromatic rings. The van der Waals surface area contributed by atoms with Crippen LogP contribution in [0.25, 0.3) is 11.1 Å². The Bertz CT molecular complexity index is 1340. The summed E-state index contributed by atoms with van der Waals surface area (Å²) >= 11 is 0. The van der Waals surface area contributed by atoms with Crippen LogP contribution in [0.5, 0.6) is 0 Å². The molecule has 3 nitrogen and oxygen atoms in total. The van der Waals surface area contributed by atoms with Crippen molar-refractivity contribution in [1.82, 2.24) is 0 Å². The zero-order valence-electron chi connectivity index (χ0n) is 20.1. The van der Waals surface area contributed by atoms with Gasteiger partial charge in [-0.1, -0.05) is 59.7 Å². The molecule has 0 amide bonds. The minimum atomic E-state index is 0.762. The van der Waals surface area contributed by atoms with Gasteiger partial charge in [-0.05, 0) is 97.8 Å². The zero-order chi connectivity index (χ0) is 24.2. The monoisotopic (exact) mass is 455 g/mol. The fraction of sp³-hybridized carbons (Fsp3) is 0.0625. The van der Waals surface area contributed by atoms with Crippen molar-refractivity contribution in [3.8, 4) is 11.1 Å². The molecule has 5 aromatic carbocycles. The molecular formula is C32H29N3. The van der Waals surface area contributed by atoms with E-state index in [9.17, 15) is 0 Å². The van der Waals surface area contributed by atoms with Crippen LogP contribution >= 0.6 is 0 Å². The second-order valence-electron chi connectivity index (χ2n) is 8.88. The third kappa shape index (κ3) is 5.20. The Morgan fingerprint density at radius 3 is 1.23 bits per heavy atom. The lowest BCUT2D eigenvalue weighted by atomic mass is 10.0. The Balaban J connectivity index is 1.40. The van der Waals surface area contributed by atoms with Gasteiger partial charge in [-0.2, -0.15) is 0 Å². The molecule has 0 fully saturated rings. The van der Waals surface area contributed by atoms with Crippen LogP contribution in [0.4, 0.5) is 34.1 Å². The van der Waals surface area contributed by atoms with Crippen molar-refractivity contribution in [1.29, 1.82) is 0 Å². The molecule has 0 saturated heterocycles. The maximum Gasteiger partial charge on any atom is 0.0462 e. The summed E-state index contributed by atoms with van der Waals surface area (Å²) in [5, 5.41) is 3.42. The molecule has 0 aliphatic heterocycles. The number of nitrogen functional groups attached to an aromatic ring is 1. The molecular weight excluding hydrogens is 426 g/mol. The van der Waals surface area contributed by atoms with Gasteiger partial charge in [0.15, 0.2) is 0 Å². The van der Waals surface area contributed by atoms with Crippen LogP contribution in [0, 0.1) is 13.8 Å². The van der Waals surface area contributed by atoms with Crippen LogP contribution in [0.3, 0.4) is 0 Å². The molecule has 5 rings (SSSR count). The van der Waals surface area contributed by atoms with Gasteiger partial charge < -0.3 is 16.0 Å². The van der Waals surface area contributed by atoms with E-state index >= 15 is 0 Å². The smallest absolute Gasteiger partial charge is 0.0462 e. The van der Waals surface area contributed by atoms with Gasteiger partial charge in [0.2, 0.25) is 0 Å². The van der Waals surface area contributed by atoms with Crippen molar-refractivity contribution >= 4 is 34.1 Å². The van der Waals surface area contributed by atoms with Crippen molar-refractivity contribution in [2.24, 2.45) is 0 Å². The van der Waals surface area contributed by atoms with Gasteiger partial charge in [0.1, 0.15) is 0 Å². The summed E-state index contributed by atoms with van der Waals surface area (Å²) in [5.41, 5.74) is 16.9. The summed E-state index contributed by atoms with van der Waals surface area (Å²) in [6, 6.07) is 42.3. The second-order valence-corrected chi connectivity index (χ2v) is 8.88. The number of nitrogens with zero attached hydrogens (tertiary/aromatic N) is 1. The van der Waals surface area contributed by atoms with Crippen molar-refractivity contribution in [2.75, 3.05) is 16.0 Å². The van der Waals surface area contributed by atoms with Crippen molar-refractivity contribution in [3.63, 3.8) is 0 Å². The predicted octanol–water partition coefficient (Wildman–Crippen LogP) is 8.77. The van der Waals surface area contributed by atoms with Gasteiger partial charge in [-0.3, -0.25) is 0 Å². The predicted molar refractivity (Wildman–Crippen MR) is 150 cm³/mol. The maximum atomic E-state index is 5.78. The molecule has 0 bridgehead atoms. The van der Waals surface area contributed by atoms with Gasteiger partial charge in [0.25, 0.3) is 0 Å². The van der Waals surface area contributed by atoms with Crippen LogP contribution in [0.1, 0.15) is 11.1 Å². The number of hydrogen-bond donors (Lipinski definition) is 2. The molecule has 0 radical (unpaired) electrons. The molecule has 0 aliphatic rings. The van der Waals surface area contributed by atoms with Crippen LogP contribution in [-0.2, 0) is 0 Å². The largest absolute Gasteiger partial charge is 0.399 e. The van der Waals surface area contributed by atoms with E-state index < -0.39 is 0 Å². The van der Waals surface area contributed by atoms with Gasteiger partial charge in [-0.15, -0.1) is 0 Å². The molecule has 35 heavy (non-hydrogen) atoms. The highest BCUT2D eigenvalue weighted by Gasteiger charge is 2.12. The Labute approximate surface area is 207 Å². The zero-order valence-corrected chi connectivity index (χ0v) is 20.1. The quantitative estimate of drug-likeness (QED) is 0.251. The number of rotatable bonds is 6. The summed E-state index contributed by atoms with van der Waals surface area (Å²) in [7, 11) is 0. The molecule has 0 saturated carbocycles. The van der Waals surface area contributed by atoms with Gasteiger partial charge in [0.05, 0.1) is 0 Å². The molecule has 0 aromatic heterocycles. The highest BCUT2D eigenvalue weighted by atomic mass is 15.1. The van der Waals surface area contributed by atoms with Crippen LogP contribution < -0.4 is 16.0 Å². The Kier molecular flexibility index (Phi) is 6.23. The molecule has 0 aliphatic carbocycles. The average molecular weight is 456 g/mol. The van der Waals surface area contributed by atoms with Gasteiger partial charge in [-0.25, -0.2) is 0 Å². The minimum absolute atomic E-state index is 0.762. The van der Waals surface area contributed by atoms with E-state index in [1.807, 2.05) is 24.3 Å². The summed E-state index contributed by atoms with van der Waals surface area (Å²) in [4.78, 5) is 2.29. The van der Waals surface area contributed by atoms with E-state index in [0.29, 0.717) is 0 Å². The van der Waals surface area contributed by atoms with E-state index in [2.05, 4.69) is 121 Å². The van der Waals surface area contributed by atoms with Crippen molar-refractivity contribution in [2.45, 2.75) is 13.8 Å². The highest BCUT2D eigenvalue weighted by molar-refractivity contribution is 5.78. The lowest BCUT2D eigenvalue weighted by molar-refractivity contribution is 1.27. The van der Waals surface area contributed by atoms with E-state index in [4.69, 9.17) is 5.73 Å². The van der Waals surface area contributed by atoms with E-state index in [1.165, 1.54) is 22.3 Å². The number of aryl methyl sites for hydroxylation is 2. The first-order valence-electron chi connectivity index (χ1n) is 11.8. The lowest BCUT2D eigenvalue weighted by Gasteiger charge is -2.26. The number of nitrogens with two attached hydrogens (primary N) is 1. The number of hydrogen-bond acceptors (Lipinski definition) is 3. The highest BCUT2D eigenvalue weighted by Crippen LogP contribution is 2.36. The number of nitrogens with one attached hydrogen (secondary N) is 1. The molecule has 3 heteroatoms. The molecule has 172 valence electrons. The topological polar surface area (TPSA) is 41.3 Å². The second kappa shape index (κ2) is 9.78. The third-order valence-electron chi connectivity index (χ3n) is 6.13. The van der Waals surface area contributed by atoms with Crippen LogP contribution in [-0.4, -0.2) is 0 Å². The fourth-order valence-corrected chi connectivity index (χ4v) is 4.12. The Hall–Kier alpha value is -4.50. The fourth-order valence-electron chi connectivity index (χ4n) is 4.12. The molecule has 0 unspecified atom stereocenters. The minimum Gasteiger partial charge on any atom is -0.399 e. The average Bonchev–Trinajstić information content (AvgIpc) is 2.89. The van der Waals surface area contributed by atoms with Crippen molar-refractivity contribution in [3.05, 3.63) is 132 Å². The summed E-state index contributed by atoms with van der Waals surface area (Å²) in [6.45, 7) is 4.23. The summed E-state index contributed by atoms with van der Waals surface area (Å²) in [5.74, 6) is 0. The molecule has 0 spiro atoms. The summed E-state index contributed by atoms with van der Waals surface area (Å²) < 4.78 is 0. The molecule has 3 N–H and O–H groups in total. The lowest BCUT2D eigenvalue weighted by Crippen LogP contribution is -2.09. The first-order valence-corrected chi connectivity index (χ1v) is 11.8. The van der Waals surface area contributed by atoms with E-state index in [1.54, 1.807) is 0 Å². The normalized spacial score (nSPS) is 10.7. The Morgan fingerprint density at radius 1 is 0.457 bits per heavy atom. The molecule has 0 heterocycles. The maximum absolute atomic E-state index is 5.78. The van der Waals surface area contributed by atoms with Gasteiger partial charge in [0, 0.05) is 34.1 Å². The van der Waals surface area contributed by atoms with Crippen molar-refractivity contribution < 1.29 is 0 Å². The molecule has 0 atom stereocenters. The summed E-state index contributed by atoms with van der Waals surface area (Å²) in [6.07, 6.45) is 0. The van der Waals surface area contributed by atoms with Crippen LogP contribution in [0.2, 0.25) is 0 Å².